The lowest BCUT2D eigenvalue weighted by Gasteiger charge is -2.29. The van der Waals surface area contributed by atoms with Crippen molar-refractivity contribution < 1.29 is 28.7 Å². The third-order valence-corrected chi connectivity index (χ3v) is 7.49. The fourth-order valence-electron chi connectivity index (χ4n) is 4.82. The number of fused-ring (bicyclic) bond motifs is 1. The maximum Gasteiger partial charge on any atom is 0.255 e. The molecule has 2 atom stereocenters. The summed E-state index contributed by atoms with van der Waals surface area (Å²) in [6.07, 6.45) is -0.112. The second kappa shape index (κ2) is 15.8. The van der Waals surface area contributed by atoms with Gasteiger partial charge < -0.3 is 29.9 Å². The molecule has 11 heteroatoms. The summed E-state index contributed by atoms with van der Waals surface area (Å²) >= 11 is 5.93. The number of nitrogens with zero attached hydrogens (tertiary/aromatic N) is 2. The topological polar surface area (TPSA) is 117 Å². The zero-order chi connectivity index (χ0) is 31.5. The zero-order valence-corrected chi connectivity index (χ0v) is 25.6. The van der Waals surface area contributed by atoms with Crippen LogP contribution in [0.25, 0.3) is 0 Å². The Bertz CT molecular complexity index is 1440. The minimum Gasteiger partial charge on any atom is -0.492 e. The van der Waals surface area contributed by atoms with Crippen molar-refractivity contribution in [3.8, 4) is 11.5 Å². The van der Waals surface area contributed by atoms with Crippen LogP contribution in [0.4, 0.5) is 0 Å². The number of hydrogen-bond acceptors (Lipinski definition) is 6. The maximum atomic E-state index is 13.7. The van der Waals surface area contributed by atoms with Crippen molar-refractivity contribution in [1.29, 1.82) is 0 Å². The number of benzene rings is 3. The number of para-hydroxylation sites is 1. The normalized spacial score (nSPS) is 17.8. The molecule has 0 unspecified atom stereocenters. The molecule has 3 aromatic rings. The van der Waals surface area contributed by atoms with E-state index in [1.807, 2.05) is 37.3 Å². The van der Waals surface area contributed by atoms with Crippen LogP contribution in [0.15, 0.2) is 78.9 Å². The lowest BCUT2D eigenvalue weighted by molar-refractivity contribution is -0.138. The smallest absolute Gasteiger partial charge is 0.255 e. The molecule has 0 aliphatic carbocycles. The number of amides is 4. The molecule has 0 aromatic heterocycles. The number of carbonyl (C=O) groups is 4. The van der Waals surface area contributed by atoms with Crippen LogP contribution in [0.2, 0.25) is 5.02 Å². The first kappa shape index (κ1) is 32.3. The van der Waals surface area contributed by atoms with E-state index in [0.29, 0.717) is 23.1 Å². The highest BCUT2D eigenvalue weighted by Gasteiger charge is 2.31. The minimum absolute atomic E-state index is 0.134. The molecule has 44 heavy (non-hydrogen) atoms. The number of carbonyl (C=O) groups excluding carboxylic acids is 4. The van der Waals surface area contributed by atoms with E-state index < -0.39 is 29.8 Å². The molecule has 0 spiro atoms. The van der Waals surface area contributed by atoms with Gasteiger partial charge in [0.05, 0.1) is 25.1 Å². The highest BCUT2D eigenvalue weighted by molar-refractivity contribution is 6.30. The molecular formula is C33H37ClN4O6. The fraction of sp³-hybridized carbons (Fsp3) is 0.333. The van der Waals surface area contributed by atoms with Crippen molar-refractivity contribution in [2.45, 2.75) is 31.8 Å². The summed E-state index contributed by atoms with van der Waals surface area (Å²) in [5.74, 6) is -0.943. The molecule has 0 saturated heterocycles. The zero-order valence-electron chi connectivity index (χ0n) is 24.8. The van der Waals surface area contributed by atoms with Crippen LogP contribution in [-0.2, 0) is 20.8 Å². The van der Waals surface area contributed by atoms with Gasteiger partial charge in [0, 0.05) is 25.0 Å². The quantitative estimate of drug-likeness (QED) is 0.399. The first-order valence-electron chi connectivity index (χ1n) is 14.5. The van der Waals surface area contributed by atoms with Gasteiger partial charge in [-0.1, -0.05) is 54.1 Å². The highest BCUT2D eigenvalue weighted by atomic mass is 35.5. The van der Waals surface area contributed by atoms with Crippen molar-refractivity contribution in [3.63, 3.8) is 0 Å². The fourth-order valence-corrected chi connectivity index (χ4v) is 4.95. The van der Waals surface area contributed by atoms with Crippen LogP contribution < -0.4 is 20.1 Å². The van der Waals surface area contributed by atoms with Gasteiger partial charge >= 0.3 is 0 Å². The van der Waals surface area contributed by atoms with Crippen LogP contribution in [0.5, 0.6) is 11.5 Å². The Hall–Kier alpha value is -4.57. The summed E-state index contributed by atoms with van der Waals surface area (Å²) in [6.45, 7) is 3.01. The SMILES string of the molecule is CCN1CCOc2ccccc2C(=O)N[C@H](C(=O)N(C)CCOc2ccc(Cl)cc2)CC(=O)N[C@H](Cc2ccccc2)C1=O. The van der Waals surface area contributed by atoms with Gasteiger partial charge in [0.25, 0.3) is 5.91 Å². The number of hydrogen-bond donors (Lipinski definition) is 2. The van der Waals surface area contributed by atoms with E-state index in [-0.39, 0.29) is 50.6 Å². The first-order valence-corrected chi connectivity index (χ1v) is 14.9. The standard InChI is InChI=1S/C33H37ClN4O6/c1-3-38-18-20-44-29-12-8-7-11-26(29)31(40)36-28(32(41)37(2)17-19-43-25-15-13-24(34)14-16-25)22-30(39)35-27(33(38)42)21-23-9-5-4-6-10-23/h4-16,27-28H,3,17-22H2,1-2H3,(H,35,39)(H,36,40)/t27-,28+/m1/s1. The number of nitrogens with one attached hydrogen (secondary N) is 2. The van der Waals surface area contributed by atoms with Crippen molar-refractivity contribution in [2.75, 3.05) is 39.9 Å². The molecule has 1 heterocycles. The number of rotatable bonds is 8. The Morgan fingerprint density at radius 1 is 1.00 bits per heavy atom. The Labute approximate surface area is 262 Å². The lowest BCUT2D eigenvalue weighted by atomic mass is 10.0. The van der Waals surface area contributed by atoms with Gasteiger partial charge in [0.15, 0.2) is 0 Å². The van der Waals surface area contributed by atoms with Crippen LogP contribution in [-0.4, -0.2) is 85.4 Å². The molecule has 4 amide bonds. The Morgan fingerprint density at radius 2 is 1.70 bits per heavy atom. The Balaban J connectivity index is 1.56. The van der Waals surface area contributed by atoms with Crippen LogP contribution in [0.3, 0.4) is 0 Å². The molecule has 4 rings (SSSR count). The van der Waals surface area contributed by atoms with Gasteiger partial charge in [0.2, 0.25) is 17.7 Å². The summed E-state index contributed by atoms with van der Waals surface area (Å²) < 4.78 is 11.7. The minimum atomic E-state index is -1.21. The van der Waals surface area contributed by atoms with E-state index in [4.69, 9.17) is 21.1 Å². The van der Waals surface area contributed by atoms with Crippen molar-refractivity contribution in [3.05, 3.63) is 95.0 Å². The first-order chi connectivity index (χ1) is 21.2. The second-order valence-corrected chi connectivity index (χ2v) is 10.8. The van der Waals surface area contributed by atoms with Gasteiger partial charge in [0.1, 0.15) is 36.8 Å². The van der Waals surface area contributed by atoms with Crippen molar-refractivity contribution >= 4 is 35.2 Å². The molecule has 2 N–H and O–H groups in total. The predicted octanol–water partition coefficient (Wildman–Crippen LogP) is 3.33. The summed E-state index contributed by atoms with van der Waals surface area (Å²) in [5.41, 5.74) is 1.09. The van der Waals surface area contributed by atoms with E-state index in [2.05, 4.69) is 10.6 Å². The van der Waals surface area contributed by atoms with E-state index >= 15 is 0 Å². The third kappa shape index (κ3) is 8.97. The molecule has 3 aromatic carbocycles. The van der Waals surface area contributed by atoms with E-state index in [1.54, 1.807) is 60.5 Å². The van der Waals surface area contributed by atoms with Gasteiger partial charge in [-0.15, -0.1) is 0 Å². The van der Waals surface area contributed by atoms with Crippen molar-refractivity contribution in [1.82, 2.24) is 20.4 Å². The van der Waals surface area contributed by atoms with E-state index in [0.717, 1.165) is 5.56 Å². The largest absolute Gasteiger partial charge is 0.492 e. The molecule has 0 fully saturated rings. The van der Waals surface area contributed by atoms with Crippen molar-refractivity contribution in [2.24, 2.45) is 0 Å². The Morgan fingerprint density at radius 3 is 2.43 bits per heavy atom. The Kier molecular flexibility index (Phi) is 11.6. The molecule has 232 valence electrons. The molecule has 0 saturated carbocycles. The number of likely N-dealkylation sites (N-methyl/N-ethyl adjacent to an activating group) is 2. The van der Waals surface area contributed by atoms with Crippen LogP contribution in [0.1, 0.15) is 29.3 Å². The second-order valence-electron chi connectivity index (χ2n) is 10.4. The van der Waals surface area contributed by atoms with Crippen LogP contribution >= 0.6 is 11.6 Å². The monoisotopic (exact) mass is 620 g/mol. The van der Waals surface area contributed by atoms with Gasteiger partial charge in [-0.2, -0.15) is 0 Å². The van der Waals surface area contributed by atoms with Gasteiger partial charge in [-0.3, -0.25) is 19.2 Å². The summed E-state index contributed by atoms with van der Waals surface area (Å²) in [7, 11) is 1.57. The van der Waals surface area contributed by atoms with Gasteiger partial charge in [-0.25, -0.2) is 0 Å². The molecule has 1 aliphatic heterocycles. The molecule has 0 radical (unpaired) electrons. The van der Waals surface area contributed by atoms with Gasteiger partial charge in [-0.05, 0) is 48.9 Å². The summed E-state index contributed by atoms with van der Waals surface area (Å²) in [4.78, 5) is 57.2. The van der Waals surface area contributed by atoms with E-state index in [9.17, 15) is 19.2 Å². The predicted molar refractivity (Wildman–Crippen MR) is 167 cm³/mol. The lowest BCUT2D eigenvalue weighted by Crippen LogP contribution is -2.54. The molecule has 10 nitrogen and oxygen atoms in total. The van der Waals surface area contributed by atoms with Crippen LogP contribution in [0, 0.1) is 0 Å². The summed E-state index contributed by atoms with van der Waals surface area (Å²) in [6, 6.07) is 20.8. The average molecular weight is 621 g/mol. The third-order valence-electron chi connectivity index (χ3n) is 7.24. The molecule has 1 aliphatic rings. The number of halogens is 1. The number of ether oxygens (including phenoxy) is 2. The average Bonchev–Trinajstić information content (AvgIpc) is 3.03. The summed E-state index contributed by atoms with van der Waals surface area (Å²) in [5, 5.41) is 6.14. The van der Waals surface area contributed by atoms with E-state index in [1.165, 1.54) is 4.90 Å². The molecule has 0 bridgehead atoms. The molecular weight excluding hydrogens is 584 g/mol. The maximum absolute atomic E-state index is 13.7. The highest BCUT2D eigenvalue weighted by Crippen LogP contribution is 2.19.